The lowest BCUT2D eigenvalue weighted by Crippen LogP contribution is -2.48. The van der Waals surface area contributed by atoms with Crippen LogP contribution in [0, 0.1) is 0 Å². The van der Waals surface area contributed by atoms with E-state index < -0.39 is 23.4 Å². The summed E-state index contributed by atoms with van der Waals surface area (Å²) in [4.78, 5) is 37.0. The SMILES string of the molecule is CC1(c2ccccc2)NC(=O)N(NC(=O)CSCc2ccccc2)C1=O. The summed E-state index contributed by atoms with van der Waals surface area (Å²) >= 11 is 1.41. The van der Waals surface area contributed by atoms with Crippen molar-refractivity contribution in [1.82, 2.24) is 15.8 Å². The molecule has 0 spiro atoms. The molecule has 1 aliphatic heterocycles. The third kappa shape index (κ3) is 3.72. The molecular weight excluding hydrogens is 350 g/mol. The largest absolute Gasteiger partial charge is 0.344 e. The van der Waals surface area contributed by atoms with E-state index in [0.717, 1.165) is 10.6 Å². The lowest BCUT2D eigenvalue weighted by molar-refractivity contribution is -0.138. The van der Waals surface area contributed by atoms with Crippen LogP contribution >= 0.6 is 11.8 Å². The molecule has 26 heavy (non-hydrogen) atoms. The number of hydrogen-bond donors (Lipinski definition) is 2. The van der Waals surface area contributed by atoms with Gasteiger partial charge in [-0.05, 0) is 18.1 Å². The number of benzene rings is 2. The Morgan fingerprint density at radius 2 is 1.69 bits per heavy atom. The average molecular weight is 369 g/mol. The number of carbonyl (C=O) groups excluding carboxylic acids is 3. The minimum atomic E-state index is -1.19. The van der Waals surface area contributed by atoms with Crippen LogP contribution in [0.1, 0.15) is 18.1 Å². The van der Waals surface area contributed by atoms with Crippen LogP contribution in [0.15, 0.2) is 60.7 Å². The Bertz CT molecular complexity index is 813. The smallest absolute Gasteiger partial charge is 0.318 e. The van der Waals surface area contributed by atoms with Gasteiger partial charge in [0.25, 0.3) is 5.91 Å². The molecule has 1 unspecified atom stereocenters. The van der Waals surface area contributed by atoms with E-state index in [0.29, 0.717) is 11.3 Å². The van der Waals surface area contributed by atoms with Crippen LogP contribution in [-0.2, 0) is 20.9 Å². The van der Waals surface area contributed by atoms with Gasteiger partial charge < -0.3 is 5.32 Å². The quantitative estimate of drug-likeness (QED) is 0.767. The van der Waals surface area contributed by atoms with E-state index >= 15 is 0 Å². The summed E-state index contributed by atoms with van der Waals surface area (Å²) < 4.78 is 0. The van der Waals surface area contributed by atoms with Crippen LogP contribution in [-0.4, -0.2) is 28.6 Å². The Morgan fingerprint density at radius 3 is 2.35 bits per heavy atom. The highest BCUT2D eigenvalue weighted by Crippen LogP contribution is 2.27. The van der Waals surface area contributed by atoms with Gasteiger partial charge in [-0.15, -0.1) is 11.8 Å². The van der Waals surface area contributed by atoms with Crippen molar-refractivity contribution in [2.24, 2.45) is 0 Å². The van der Waals surface area contributed by atoms with Crippen molar-refractivity contribution < 1.29 is 14.4 Å². The van der Waals surface area contributed by atoms with Gasteiger partial charge in [0.2, 0.25) is 5.91 Å². The van der Waals surface area contributed by atoms with E-state index in [4.69, 9.17) is 0 Å². The van der Waals surface area contributed by atoms with Crippen molar-refractivity contribution in [1.29, 1.82) is 0 Å². The molecule has 7 heteroatoms. The Labute approximate surface area is 155 Å². The fraction of sp³-hybridized carbons (Fsp3) is 0.211. The van der Waals surface area contributed by atoms with E-state index in [1.807, 2.05) is 36.4 Å². The van der Waals surface area contributed by atoms with E-state index in [1.54, 1.807) is 31.2 Å². The summed E-state index contributed by atoms with van der Waals surface area (Å²) in [7, 11) is 0. The van der Waals surface area contributed by atoms with Gasteiger partial charge in [0.1, 0.15) is 5.54 Å². The molecule has 0 radical (unpaired) electrons. The summed E-state index contributed by atoms with van der Waals surface area (Å²) in [5, 5.41) is 3.41. The number of rotatable bonds is 6. The zero-order valence-electron chi connectivity index (χ0n) is 14.3. The zero-order chi connectivity index (χ0) is 18.6. The maximum absolute atomic E-state index is 12.7. The maximum Gasteiger partial charge on any atom is 0.344 e. The third-order valence-corrected chi connectivity index (χ3v) is 5.13. The number of nitrogens with one attached hydrogen (secondary N) is 2. The van der Waals surface area contributed by atoms with Crippen molar-refractivity contribution in [3.05, 3.63) is 71.8 Å². The molecule has 1 fully saturated rings. The minimum Gasteiger partial charge on any atom is -0.318 e. The number of amides is 4. The van der Waals surface area contributed by atoms with Crippen molar-refractivity contribution in [2.75, 3.05) is 5.75 Å². The van der Waals surface area contributed by atoms with E-state index in [2.05, 4.69) is 10.7 Å². The fourth-order valence-electron chi connectivity index (χ4n) is 2.70. The molecule has 0 aromatic heterocycles. The molecule has 134 valence electrons. The lowest BCUT2D eigenvalue weighted by atomic mass is 9.92. The van der Waals surface area contributed by atoms with Gasteiger partial charge in [0.05, 0.1) is 5.75 Å². The van der Waals surface area contributed by atoms with Crippen LogP contribution in [0.5, 0.6) is 0 Å². The lowest BCUT2D eigenvalue weighted by Gasteiger charge is -2.22. The van der Waals surface area contributed by atoms with Crippen LogP contribution < -0.4 is 10.7 Å². The molecule has 0 bridgehead atoms. The van der Waals surface area contributed by atoms with Crippen molar-refractivity contribution >= 4 is 29.6 Å². The van der Waals surface area contributed by atoms with Crippen molar-refractivity contribution in [3.8, 4) is 0 Å². The number of hydrazine groups is 1. The molecule has 4 amide bonds. The van der Waals surface area contributed by atoms with Gasteiger partial charge in [0, 0.05) is 5.75 Å². The molecular formula is C19H19N3O3S. The molecule has 2 N–H and O–H groups in total. The third-order valence-electron chi connectivity index (χ3n) is 4.12. The highest BCUT2D eigenvalue weighted by Gasteiger charge is 2.49. The number of nitrogens with zero attached hydrogens (tertiary/aromatic N) is 1. The molecule has 0 saturated carbocycles. The molecule has 1 heterocycles. The first-order chi connectivity index (χ1) is 12.5. The van der Waals surface area contributed by atoms with Gasteiger partial charge >= 0.3 is 6.03 Å². The van der Waals surface area contributed by atoms with Crippen molar-refractivity contribution in [3.63, 3.8) is 0 Å². The monoisotopic (exact) mass is 369 g/mol. The van der Waals surface area contributed by atoms with Gasteiger partial charge in [-0.25, -0.2) is 4.79 Å². The molecule has 1 saturated heterocycles. The second kappa shape index (κ2) is 7.61. The Hall–Kier alpha value is -2.80. The molecule has 3 rings (SSSR count). The minimum absolute atomic E-state index is 0.147. The van der Waals surface area contributed by atoms with Crippen molar-refractivity contribution in [2.45, 2.75) is 18.2 Å². The molecule has 6 nitrogen and oxygen atoms in total. The Morgan fingerprint density at radius 1 is 1.08 bits per heavy atom. The first-order valence-electron chi connectivity index (χ1n) is 8.14. The van der Waals surface area contributed by atoms with Gasteiger partial charge in [-0.2, -0.15) is 5.01 Å². The molecule has 1 atom stereocenters. The Kier molecular flexibility index (Phi) is 5.27. The van der Waals surface area contributed by atoms with Gasteiger partial charge in [-0.3, -0.25) is 15.0 Å². The normalized spacial score (nSPS) is 19.3. The highest BCUT2D eigenvalue weighted by atomic mass is 32.2. The van der Waals surface area contributed by atoms with Crippen LogP contribution in [0.3, 0.4) is 0 Å². The van der Waals surface area contributed by atoms with E-state index in [9.17, 15) is 14.4 Å². The summed E-state index contributed by atoms with van der Waals surface area (Å²) in [6.45, 7) is 1.62. The Balaban J connectivity index is 1.58. The molecule has 1 aliphatic rings. The number of imide groups is 1. The van der Waals surface area contributed by atoms with Crippen LogP contribution in [0.25, 0.3) is 0 Å². The summed E-state index contributed by atoms with van der Waals surface area (Å²) in [5.74, 6) is -0.0775. The second-order valence-electron chi connectivity index (χ2n) is 6.08. The van der Waals surface area contributed by atoms with E-state index in [1.165, 1.54) is 11.8 Å². The van der Waals surface area contributed by atoms with Gasteiger partial charge in [-0.1, -0.05) is 60.7 Å². The molecule has 0 aliphatic carbocycles. The summed E-state index contributed by atoms with van der Waals surface area (Å²) in [6, 6.07) is 18.1. The van der Waals surface area contributed by atoms with Crippen LogP contribution in [0.2, 0.25) is 0 Å². The number of urea groups is 1. The zero-order valence-corrected chi connectivity index (χ0v) is 15.1. The molecule has 2 aromatic rings. The predicted octanol–water partition coefficient (Wildman–Crippen LogP) is 2.42. The summed E-state index contributed by atoms with van der Waals surface area (Å²) in [6.07, 6.45) is 0. The maximum atomic E-state index is 12.7. The number of hydrogen-bond acceptors (Lipinski definition) is 4. The highest BCUT2D eigenvalue weighted by molar-refractivity contribution is 7.99. The first-order valence-corrected chi connectivity index (χ1v) is 9.29. The predicted molar refractivity (Wildman–Crippen MR) is 99.9 cm³/mol. The molecule has 2 aromatic carbocycles. The number of carbonyl (C=O) groups is 3. The van der Waals surface area contributed by atoms with Gasteiger partial charge in [0.15, 0.2) is 0 Å². The topological polar surface area (TPSA) is 78.5 Å². The second-order valence-corrected chi connectivity index (χ2v) is 7.06. The number of thioether (sulfide) groups is 1. The summed E-state index contributed by atoms with van der Waals surface area (Å²) in [5.41, 5.74) is 2.98. The fourth-order valence-corrected chi connectivity index (χ4v) is 3.48. The van der Waals surface area contributed by atoms with Crippen LogP contribution in [0.4, 0.5) is 4.79 Å². The standard InChI is InChI=1S/C19H19N3O3S/c1-19(15-10-6-3-7-11-15)17(24)22(18(25)20-19)21-16(23)13-26-12-14-8-4-2-5-9-14/h2-11H,12-13H2,1H3,(H,20,25)(H,21,23). The van der Waals surface area contributed by atoms with E-state index in [-0.39, 0.29) is 5.75 Å². The first kappa shape index (κ1) is 18.0. The average Bonchev–Trinajstić information content (AvgIpc) is 2.87.